The molecule has 0 aliphatic heterocycles. The number of nitrogens with one attached hydrogen (secondary N) is 1. The van der Waals surface area contributed by atoms with E-state index in [1.165, 1.54) is 18.5 Å². The minimum absolute atomic E-state index is 0.0242. The summed E-state index contributed by atoms with van der Waals surface area (Å²) in [5.41, 5.74) is -0.774. The van der Waals surface area contributed by atoms with Crippen LogP contribution in [-0.2, 0) is 4.74 Å². The Balaban J connectivity index is 1.95. The van der Waals surface area contributed by atoms with E-state index in [9.17, 15) is 15.2 Å². The number of thiophene rings is 1. The Hall–Kier alpha value is -3.26. The normalized spacial score (nSPS) is 11.5. The minimum Gasteiger partial charge on any atom is -0.493 e. The summed E-state index contributed by atoms with van der Waals surface area (Å²) in [7, 11) is 0. The van der Waals surface area contributed by atoms with Gasteiger partial charge in [-0.3, -0.25) is 10.3 Å². The second-order valence-corrected chi connectivity index (χ2v) is 9.66. The van der Waals surface area contributed by atoms with Crippen molar-refractivity contribution in [3.63, 3.8) is 0 Å². The number of halogens is 3. The van der Waals surface area contributed by atoms with Crippen molar-refractivity contribution in [1.82, 2.24) is 15.0 Å². The van der Waals surface area contributed by atoms with Gasteiger partial charge in [-0.25, -0.2) is 14.2 Å². The molecule has 33 heavy (non-hydrogen) atoms. The van der Waals surface area contributed by atoms with E-state index in [0.29, 0.717) is 10.1 Å². The molecule has 0 atom stereocenters. The number of hydrogen-bond donors (Lipinski definition) is 2. The number of aromatic nitrogens is 3. The van der Waals surface area contributed by atoms with Gasteiger partial charge in [-0.1, -0.05) is 11.6 Å². The molecule has 4 aromatic rings. The number of amides is 1. The van der Waals surface area contributed by atoms with Crippen LogP contribution in [0.15, 0.2) is 18.5 Å². The van der Waals surface area contributed by atoms with Gasteiger partial charge in [0.2, 0.25) is 11.2 Å². The number of carbonyl (C=O) groups excluding carboxylic acids is 1. The van der Waals surface area contributed by atoms with E-state index in [-0.39, 0.29) is 42.9 Å². The van der Waals surface area contributed by atoms with Crippen molar-refractivity contribution in [2.24, 2.45) is 0 Å². The smallest absolute Gasteiger partial charge is 0.412 e. The zero-order valence-electron chi connectivity index (χ0n) is 17.3. The van der Waals surface area contributed by atoms with Gasteiger partial charge in [0.25, 0.3) is 0 Å². The third-order valence-corrected chi connectivity index (χ3v) is 5.94. The SMILES string of the molecule is CC(C)(C)OC(=O)Nc1sc2cncc(-c3c(Cl)cc4c(O)nc(Cl)nc4c3F)c2c1C#N. The summed E-state index contributed by atoms with van der Waals surface area (Å²) in [5.74, 6) is -1.39. The molecule has 0 radical (unpaired) electrons. The average Bonchev–Trinajstić information content (AvgIpc) is 3.05. The zero-order chi connectivity index (χ0) is 24.1. The molecular formula is C21H14Cl2FN5O3S. The number of nitrogens with zero attached hydrogens (tertiary/aromatic N) is 4. The Labute approximate surface area is 200 Å². The molecule has 3 aromatic heterocycles. The first-order valence-corrected chi connectivity index (χ1v) is 10.9. The van der Waals surface area contributed by atoms with Crippen LogP contribution in [0, 0.1) is 17.1 Å². The second-order valence-electron chi connectivity index (χ2n) is 7.86. The lowest BCUT2D eigenvalue weighted by atomic mass is 9.99. The van der Waals surface area contributed by atoms with Gasteiger partial charge in [-0.15, -0.1) is 11.3 Å². The maximum absolute atomic E-state index is 15.6. The number of benzene rings is 1. The highest BCUT2D eigenvalue weighted by Gasteiger charge is 2.25. The van der Waals surface area contributed by atoms with Crippen molar-refractivity contribution in [2.45, 2.75) is 26.4 Å². The molecule has 0 aliphatic carbocycles. The van der Waals surface area contributed by atoms with E-state index >= 15 is 4.39 Å². The first-order chi connectivity index (χ1) is 15.5. The molecule has 1 amide bonds. The molecule has 8 nitrogen and oxygen atoms in total. The molecule has 0 saturated carbocycles. The Morgan fingerprint density at radius 1 is 1.30 bits per heavy atom. The highest BCUT2D eigenvalue weighted by atomic mass is 35.5. The molecule has 0 spiro atoms. The van der Waals surface area contributed by atoms with Crippen molar-refractivity contribution in [2.75, 3.05) is 5.32 Å². The van der Waals surface area contributed by atoms with E-state index in [4.69, 9.17) is 27.9 Å². The standard InChI is InChI=1S/C21H14Cl2FN5O3S/c1-21(2,3)32-20(31)29-18-9(5-25)13-10(6-26-7-12(13)33-18)14-11(22)4-8-16(15(14)24)27-19(23)28-17(8)30/h4,6-7H,1-3H3,(H,29,31)(H,27,28,30). The Morgan fingerprint density at radius 3 is 2.70 bits per heavy atom. The summed E-state index contributed by atoms with van der Waals surface area (Å²) < 4.78 is 21.4. The molecule has 4 rings (SSSR count). The van der Waals surface area contributed by atoms with Crippen LogP contribution in [0.25, 0.3) is 32.1 Å². The Kier molecular flexibility index (Phi) is 5.74. The summed E-state index contributed by atoms with van der Waals surface area (Å²) in [6.07, 6.45) is 2.10. The Bertz CT molecular complexity index is 1490. The van der Waals surface area contributed by atoms with Crippen LogP contribution < -0.4 is 5.32 Å². The largest absolute Gasteiger partial charge is 0.493 e. The quantitative estimate of drug-likeness (QED) is 0.307. The number of aromatic hydroxyl groups is 1. The molecule has 1 aromatic carbocycles. The third-order valence-electron chi connectivity index (χ3n) is 4.43. The topological polar surface area (TPSA) is 121 Å². The van der Waals surface area contributed by atoms with Crippen LogP contribution in [0.3, 0.4) is 0 Å². The van der Waals surface area contributed by atoms with E-state index in [0.717, 1.165) is 11.3 Å². The molecule has 0 saturated heterocycles. The summed E-state index contributed by atoms with van der Waals surface area (Å²) in [6.45, 7) is 5.13. The number of pyridine rings is 1. The monoisotopic (exact) mass is 505 g/mol. The summed E-state index contributed by atoms with van der Waals surface area (Å²) >= 11 is 13.2. The summed E-state index contributed by atoms with van der Waals surface area (Å²) in [6, 6.07) is 3.35. The van der Waals surface area contributed by atoms with Crippen molar-refractivity contribution in [3.05, 3.63) is 40.1 Å². The lowest BCUT2D eigenvalue weighted by Crippen LogP contribution is -2.27. The Morgan fingerprint density at radius 2 is 2.03 bits per heavy atom. The van der Waals surface area contributed by atoms with E-state index in [2.05, 4.69) is 26.3 Å². The van der Waals surface area contributed by atoms with Crippen LogP contribution >= 0.6 is 34.5 Å². The number of fused-ring (bicyclic) bond motifs is 2. The number of ether oxygens (including phenoxy) is 1. The molecule has 12 heteroatoms. The van der Waals surface area contributed by atoms with Crippen molar-refractivity contribution < 1.29 is 19.0 Å². The van der Waals surface area contributed by atoms with Gasteiger partial charge in [0.1, 0.15) is 22.2 Å². The van der Waals surface area contributed by atoms with Crippen molar-refractivity contribution in [1.29, 1.82) is 5.26 Å². The highest BCUT2D eigenvalue weighted by molar-refractivity contribution is 7.23. The zero-order valence-corrected chi connectivity index (χ0v) is 19.7. The van der Waals surface area contributed by atoms with Crippen LogP contribution in [0.4, 0.5) is 14.2 Å². The second kappa shape index (κ2) is 8.26. The van der Waals surface area contributed by atoms with E-state index in [1.54, 1.807) is 20.8 Å². The number of hydrogen-bond acceptors (Lipinski definition) is 8. The van der Waals surface area contributed by atoms with Gasteiger partial charge < -0.3 is 9.84 Å². The first kappa shape index (κ1) is 22.9. The van der Waals surface area contributed by atoms with Gasteiger partial charge in [-0.05, 0) is 38.4 Å². The molecule has 0 fully saturated rings. The first-order valence-electron chi connectivity index (χ1n) is 9.35. The number of nitriles is 1. The van der Waals surface area contributed by atoms with Gasteiger partial charge in [0.15, 0.2) is 5.82 Å². The molecular weight excluding hydrogens is 492 g/mol. The molecule has 0 aliphatic rings. The van der Waals surface area contributed by atoms with Crippen LogP contribution in [0.5, 0.6) is 5.88 Å². The fraction of sp³-hybridized carbons (Fsp3) is 0.190. The maximum atomic E-state index is 15.6. The summed E-state index contributed by atoms with van der Waals surface area (Å²) in [4.78, 5) is 23.9. The van der Waals surface area contributed by atoms with Crippen molar-refractivity contribution in [3.8, 4) is 23.1 Å². The third kappa shape index (κ3) is 4.23. The fourth-order valence-corrected chi connectivity index (χ4v) is 4.72. The predicted octanol–water partition coefficient (Wildman–Crippen LogP) is 6.28. The highest BCUT2D eigenvalue weighted by Crippen LogP contribution is 2.44. The molecule has 2 N–H and O–H groups in total. The number of carbonyl (C=O) groups is 1. The van der Waals surface area contributed by atoms with Gasteiger partial charge >= 0.3 is 6.09 Å². The lowest BCUT2D eigenvalue weighted by Gasteiger charge is -2.19. The predicted molar refractivity (Wildman–Crippen MR) is 124 cm³/mol. The minimum atomic E-state index is -0.872. The molecule has 168 valence electrons. The van der Waals surface area contributed by atoms with Gasteiger partial charge in [0.05, 0.1) is 20.7 Å². The van der Waals surface area contributed by atoms with E-state index < -0.39 is 23.4 Å². The molecule has 3 heterocycles. The van der Waals surface area contributed by atoms with Crippen LogP contribution in [0.2, 0.25) is 10.3 Å². The lowest BCUT2D eigenvalue weighted by molar-refractivity contribution is 0.0636. The number of anilines is 1. The van der Waals surface area contributed by atoms with Crippen LogP contribution in [0.1, 0.15) is 26.3 Å². The number of rotatable bonds is 2. The summed E-state index contributed by atoms with van der Waals surface area (Å²) in [5, 5.41) is 22.6. The maximum Gasteiger partial charge on any atom is 0.412 e. The fourth-order valence-electron chi connectivity index (χ4n) is 3.23. The van der Waals surface area contributed by atoms with Crippen molar-refractivity contribution >= 4 is 66.6 Å². The molecule has 0 unspecified atom stereocenters. The van der Waals surface area contributed by atoms with Gasteiger partial charge in [-0.2, -0.15) is 10.2 Å². The molecule has 0 bridgehead atoms. The average molecular weight is 506 g/mol. The van der Waals surface area contributed by atoms with E-state index in [1.807, 2.05) is 0 Å². The van der Waals surface area contributed by atoms with Crippen LogP contribution in [-0.4, -0.2) is 31.8 Å². The van der Waals surface area contributed by atoms with Gasteiger partial charge in [0, 0.05) is 28.9 Å².